The van der Waals surface area contributed by atoms with Crippen LogP contribution in [0.2, 0.25) is 5.28 Å². The summed E-state index contributed by atoms with van der Waals surface area (Å²) in [7, 11) is 2.88. The smallest absolute Gasteiger partial charge is 0.410 e. The Bertz CT molecular complexity index is 2190. The number of carboxylic acids is 1. The fourth-order valence-electron chi connectivity index (χ4n) is 5.26. The molecule has 1 fully saturated rings. The number of nitrogens with one attached hydrogen (secondary N) is 3. The standard InChI is InChI=1S/C21H26N6O7.C14H13ClN4O5/c1-21(2,3)34-20(30)26-10-9-12(11-26)22-19-24-15(18(28)29)16(27(31)32)17(25-19)23-13-7-5-6-8-14(13)33-4;1-3-24-13(20)10-11(19(21)22)12(18-14(15)17-10)16-8-6-4-5-7-9(8)23-2/h5-8,12H,9-11H2,1-4H3,(H,28,29)(H2,22,23,24,25);4-7H,3H2,1-2H3,(H,16,17,18). The van der Waals surface area contributed by atoms with Crippen LogP contribution in [-0.4, -0.2) is 103 Å². The zero-order chi connectivity index (χ0) is 42.7. The highest BCUT2D eigenvalue weighted by atomic mass is 35.5. The topological polar surface area (TPSA) is 286 Å². The number of hydrogen-bond donors (Lipinski definition) is 4. The Morgan fingerprint density at radius 3 is 1.91 bits per heavy atom. The number of halogens is 1. The highest BCUT2D eigenvalue weighted by Gasteiger charge is 2.34. The zero-order valence-corrected chi connectivity index (χ0v) is 32.7. The number of amides is 1. The first-order valence-corrected chi connectivity index (χ1v) is 17.6. The van der Waals surface area contributed by atoms with Crippen molar-refractivity contribution in [3.05, 3.63) is 85.4 Å². The van der Waals surface area contributed by atoms with E-state index in [1.54, 1.807) is 76.2 Å². The van der Waals surface area contributed by atoms with E-state index in [1.807, 2.05) is 0 Å². The predicted molar refractivity (Wildman–Crippen MR) is 208 cm³/mol. The van der Waals surface area contributed by atoms with Crippen LogP contribution in [0.1, 0.15) is 55.1 Å². The maximum Gasteiger partial charge on any atom is 0.410 e. The minimum atomic E-state index is -1.58. The van der Waals surface area contributed by atoms with Gasteiger partial charge in [-0.25, -0.2) is 19.4 Å². The summed E-state index contributed by atoms with van der Waals surface area (Å²) in [6, 6.07) is 13.0. The molecule has 2 aromatic heterocycles. The van der Waals surface area contributed by atoms with E-state index < -0.39 is 56.2 Å². The first-order valence-electron chi connectivity index (χ1n) is 17.2. The third-order valence-corrected chi connectivity index (χ3v) is 7.84. The number of hydrogen-bond acceptors (Lipinski definition) is 18. The van der Waals surface area contributed by atoms with Crippen molar-refractivity contribution in [3.8, 4) is 11.5 Å². The molecule has 23 heteroatoms. The lowest BCUT2D eigenvalue weighted by molar-refractivity contribution is -0.384. The van der Waals surface area contributed by atoms with Crippen LogP contribution < -0.4 is 25.4 Å². The quantitative estimate of drug-likeness (QED) is 0.0503. The van der Waals surface area contributed by atoms with E-state index in [0.717, 1.165) is 0 Å². The van der Waals surface area contributed by atoms with Crippen molar-refractivity contribution in [1.29, 1.82) is 0 Å². The van der Waals surface area contributed by atoms with Crippen LogP contribution in [0, 0.1) is 20.2 Å². The van der Waals surface area contributed by atoms with Gasteiger partial charge in [-0.3, -0.25) is 20.2 Å². The molecule has 1 saturated heterocycles. The maximum atomic E-state index is 12.3. The van der Waals surface area contributed by atoms with Crippen molar-refractivity contribution in [2.75, 3.05) is 49.9 Å². The van der Waals surface area contributed by atoms with Gasteiger partial charge >= 0.3 is 29.4 Å². The van der Waals surface area contributed by atoms with Crippen LogP contribution >= 0.6 is 11.6 Å². The molecule has 1 atom stereocenters. The van der Waals surface area contributed by atoms with Gasteiger partial charge in [0.15, 0.2) is 0 Å². The molecular formula is C35H39ClN10O12. The van der Waals surface area contributed by atoms with Gasteiger partial charge in [0.1, 0.15) is 17.1 Å². The third-order valence-electron chi connectivity index (χ3n) is 7.67. The molecule has 308 valence electrons. The summed E-state index contributed by atoms with van der Waals surface area (Å²) in [4.78, 5) is 74.5. The van der Waals surface area contributed by atoms with Gasteiger partial charge in [0, 0.05) is 19.1 Å². The number of nitrogens with zero attached hydrogens (tertiary/aromatic N) is 7. The van der Waals surface area contributed by atoms with Crippen LogP contribution in [0.3, 0.4) is 0 Å². The second-order valence-corrected chi connectivity index (χ2v) is 13.2. The number of anilines is 5. The summed E-state index contributed by atoms with van der Waals surface area (Å²) in [5.74, 6) is -2.42. The Hall–Kier alpha value is -7.10. The molecule has 0 radical (unpaired) electrons. The molecule has 0 aliphatic carbocycles. The normalized spacial score (nSPS) is 13.3. The number of methoxy groups -OCH3 is 2. The Labute approximate surface area is 335 Å². The molecule has 1 unspecified atom stereocenters. The van der Waals surface area contributed by atoms with Gasteiger partial charge in [-0.2, -0.15) is 15.0 Å². The zero-order valence-electron chi connectivity index (χ0n) is 32.0. The number of ether oxygens (including phenoxy) is 4. The lowest BCUT2D eigenvalue weighted by Gasteiger charge is -2.24. The average Bonchev–Trinajstić information content (AvgIpc) is 3.63. The number of rotatable bonds is 13. The number of likely N-dealkylation sites (tertiary alicyclic amines) is 1. The fraction of sp³-hybridized carbons (Fsp3) is 0.343. The first kappa shape index (κ1) is 43.6. The van der Waals surface area contributed by atoms with Crippen LogP contribution in [0.5, 0.6) is 11.5 Å². The molecule has 0 spiro atoms. The number of carbonyl (C=O) groups is 3. The monoisotopic (exact) mass is 826 g/mol. The molecule has 4 N–H and O–H groups in total. The number of aromatic carboxylic acids is 1. The van der Waals surface area contributed by atoms with Crippen molar-refractivity contribution in [2.24, 2.45) is 0 Å². The summed E-state index contributed by atoms with van der Waals surface area (Å²) >= 11 is 5.79. The van der Waals surface area contributed by atoms with E-state index in [4.69, 9.17) is 30.5 Å². The van der Waals surface area contributed by atoms with Gasteiger partial charge in [-0.1, -0.05) is 24.3 Å². The van der Waals surface area contributed by atoms with Crippen molar-refractivity contribution >= 4 is 70.0 Å². The number of esters is 1. The minimum Gasteiger partial charge on any atom is -0.495 e. The van der Waals surface area contributed by atoms with E-state index in [2.05, 4.69) is 35.9 Å². The SMILES string of the molecule is CCOC(=O)c1nc(Cl)nc(Nc2ccccc2OC)c1[N+](=O)[O-].COc1ccccc1Nc1nc(NC2CCN(C(=O)OC(C)(C)C)C2)nc(C(=O)O)c1[N+](=O)[O-]. The third kappa shape index (κ3) is 11.2. The number of nitro groups is 2. The summed E-state index contributed by atoms with van der Waals surface area (Å²) in [6.07, 6.45) is 0.0586. The number of benzene rings is 2. The van der Waals surface area contributed by atoms with E-state index in [9.17, 15) is 39.7 Å². The molecule has 58 heavy (non-hydrogen) atoms. The number of aromatic nitrogens is 4. The molecule has 4 aromatic rings. The highest BCUT2D eigenvalue weighted by molar-refractivity contribution is 6.28. The molecule has 0 saturated carbocycles. The van der Waals surface area contributed by atoms with Gasteiger partial charge in [0.05, 0.1) is 42.0 Å². The predicted octanol–water partition coefficient (Wildman–Crippen LogP) is 6.22. The molecule has 2 aromatic carbocycles. The lowest BCUT2D eigenvalue weighted by atomic mass is 10.2. The molecule has 22 nitrogen and oxygen atoms in total. The molecule has 5 rings (SSSR count). The Morgan fingerprint density at radius 1 is 0.879 bits per heavy atom. The maximum absolute atomic E-state index is 12.3. The Morgan fingerprint density at radius 2 is 1.41 bits per heavy atom. The van der Waals surface area contributed by atoms with Gasteiger partial charge in [0.2, 0.25) is 34.3 Å². The molecule has 1 aliphatic rings. The highest BCUT2D eigenvalue weighted by Crippen LogP contribution is 2.35. The van der Waals surface area contributed by atoms with Gasteiger partial charge in [-0.15, -0.1) is 0 Å². The molecular weight excluding hydrogens is 788 g/mol. The van der Waals surface area contributed by atoms with E-state index in [-0.39, 0.29) is 42.1 Å². The van der Waals surface area contributed by atoms with Crippen LogP contribution in [0.25, 0.3) is 0 Å². The lowest BCUT2D eigenvalue weighted by Crippen LogP contribution is -2.36. The summed E-state index contributed by atoms with van der Waals surface area (Å²) < 4.78 is 20.6. The van der Waals surface area contributed by atoms with Crippen molar-refractivity contribution in [2.45, 2.75) is 45.8 Å². The summed E-state index contributed by atoms with van der Waals surface area (Å²) in [6.45, 7) is 7.60. The van der Waals surface area contributed by atoms with Crippen LogP contribution in [-0.2, 0) is 9.47 Å². The minimum absolute atomic E-state index is 0.0346. The van der Waals surface area contributed by atoms with Crippen molar-refractivity contribution in [1.82, 2.24) is 24.8 Å². The number of carboxylic acid groups (broad SMARTS) is 1. The van der Waals surface area contributed by atoms with Crippen LogP contribution in [0.15, 0.2) is 48.5 Å². The van der Waals surface area contributed by atoms with Crippen molar-refractivity contribution in [3.63, 3.8) is 0 Å². The van der Waals surface area contributed by atoms with Gasteiger partial charge in [0.25, 0.3) is 0 Å². The first-order chi connectivity index (χ1) is 27.5. The molecule has 0 bridgehead atoms. The number of para-hydroxylation sites is 4. The second-order valence-electron chi connectivity index (χ2n) is 12.9. The number of carbonyl (C=O) groups excluding carboxylic acids is 2. The average molecular weight is 827 g/mol. The fourth-order valence-corrected chi connectivity index (χ4v) is 5.43. The largest absolute Gasteiger partial charge is 0.495 e. The molecule has 1 aliphatic heterocycles. The van der Waals surface area contributed by atoms with Gasteiger partial charge < -0.3 is 44.9 Å². The van der Waals surface area contributed by atoms with Gasteiger partial charge in [-0.05, 0) is 70.0 Å². The van der Waals surface area contributed by atoms with Crippen LogP contribution in [0.4, 0.5) is 45.1 Å². The second kappa shape index (κ2) is 19.2. The summed E-state index contributed by atoms with van der Waals surface area (Å²) in [5.41, 5.74) is -2.60. The Balaban J connectivity index is 0.000000273. The molecule has 1 amide bonds. The summed E-state index contributed by atoms with van der Waals surface area (Å²) in [5, 5.41) is 40.8. The van der Waals surface area contributed by atoms with E-state index >= 15 is 0 Å². The van der Waals surface area contributed by atoms with Crippen molar-refractivity contribution < 1.29 is 48.3 Å². The molecule has 3 heterocycles. The van der Waals surface area contributed by atoms with E-state index in [1.165, 1.54) is 19.1 Å². The Kier molecular flexibility index (Phi) is 14.4. The van der Waals surface area contributed by atoms with E-state index in [0.29, 0.717) is 35.8 Å².